The van der Waals surface area contributed by atoms with Gasteiger partial charge >= 0.3 is 0 Å². The molecule has 0 saturated carbocycles. The van der Waals surface area contributed by atoms with Crippen molar-refractivity contribution in [3.8, 4) is 0 Å². The number of anilines is 2. The van der Waals surface area contributed by atoms with Crippen LogP contribution in [0.5, 0.6) is 0 Å². The van der Waals surface area contributed by atoms with Crippen LogP contribution in [0.25, 0.3) is 0 Å². The van der Waals surface area contributed by atoms with Gasteiger partial charge in [0.05, 0.1) is 18.5 Å². The molecule has 2 N–H and O–H groups in total. The molecule has 3 rings (SSSR count). The minimum atomic E-state index is 0.147. The SMILES string of the molecule is CN(CCO)c1ccc(NC2CCN(Cc3ccncc3)CC2)nc1. The molecule has 0 amide bonds. The van der Waals surface area contributed by atoms with Crippen molar-refractivity contribution >= 4 is 11.5 Å². The van der Waals surface area contributed by atoms with Crippen LogP contribution in [-0.2, 0) is 6.54 Å². The Labute approximate surface area is 149 Å². The van der Waals surface area contributed by atoms with Crippen LogP contribution < -0.4 is 10.2 Å². The van der Waals surface area contributed by atoms with Crippen LogP contribution in [0.3, 0.4) is 0 Å². The van der Waals surface area contributed by atoms with E-state index in [0.29, 0.717) is 12.6 Å². The number of nitrogens with one attached hydrogen (secondary N) is 1. The quantitative estimate of drug-likeness (QED) is 0.803. The molecule has 0 aromatic carbocycles. The Morgan fingerprint density at radius 2 is 1.96 bits per heavy atom. The lowest BCUT2D eigenvalue weighted by Gasteiger charge is -2.32. The largest absolute Gasteiger partial charge is 0.395 e. The molecule has 0 aliphatic carbocycles. The van der Waals surface area contributed by atoms with E-state index in [1.807, 2.05) is 42.7 Å². The van der Waals surface area contributed by atoms with E-state index in [2.05, 4.69) is 32.3 Å². The molecule has 0 spiro atoms. The summed E-state index contributed by atoms with van der Waals surface area (Å²) in [5.41, 5.74) is 2.34. The van der Waals surface area contributed by atoms with Crippen LogP contribution in [0.15, 0.2) is 42.9 Å². The summed E-state index contributed by atoms with van der Waals surface area (Å²) in [5.74, 6) is 0.925. The molecule has 2 aromatic rings. The van der Waals surface area contributed by atoms with E-state index in [4.69, 9.17) is 5.11 Å². The number of piperidine rings is 1. The van der Waals surface area contributed by atoms with Gasteiger partial charge in [-0.05, 0) is 42.7 Å². The number of pyridine rings is 2. The summed E-state index contributed by atoms with van der Waals surface area (Å²) in [6.45, 7) is 3.95. The number of likely N-dealkylation sites (tertiary alicyclic amines) is 1. The molecule has 0 radical (unpaired) electrons. The average Bonchev–Trinajstić information content (AvgIpc) is 2.65. The highest BCUT2D eigenvalue weighted by molar-refractivity contribution is 5.49. The number of likely N-dealkylation sites (N-methyl/N-ethyl adjacent to an activating group) is 1. The zero-order chi connectivity index (χ0) is 17.5. The predicted octanol–water partition coefficient (Wildman–Crippen LogP) is 1.98. The van der Waals surface area contributed by atoms with Gasteiger partial charge in [0.15, 0.2) is 0 Å². The van der Waals surface area contributed by atoms with Crippen molar-refractivity contribution < 1.29 is 5.11 Å². The Balaban J connectivity index is 1.45. The Morgan fingerprint density at radius 3 is 2.60 bits per heavy atom. The number of rotatable bonds is 7. The number of nitrogens with zero attached hydrogens (tertiary/aromatic N) is 4. The monoisotopic (exact) mass is 341 g/mol. The topological polar surface area (TPSA) is 64.5 Å². The lowest BCUT2D eigenvalue weighted by Crippen LogP contribution is -2.38. The van der Waals surface area contributed by atoms with Gasteiger partial charge in [-0.1, -0.05) is 0 Å². The van der Waals surface area contributed by atoms with Crippen LogP contribution in [-0.4, -0.2) is 59.3 Å². The lowest BCUT2D eigenvalue weighted by molar-refractivity contribution is 0.211. The van der Waals surface area contributed by atoms with E-state index in [1.54, 1.807) is 0 Å². The number of aliphatic hydroxyl groups is 1. The number of hydrogen-bond donors (Lipinski definition) is 2. The first-order chi connectivity index (χ1) is 12.2. The van der Waals surface area contributed by atoms with Crippen molar-refractivity contribution in [2.75, 3.05) is 43.5 Å². The summed E-state index contributed by atoms with van der Waals surface area (Å²) in [7, 11) is 1.96. The summed E-state index contributed by atoms with van der Waals surface area (Å²) in [6.07, 6.45) is 7.82. The highest BCUT2D eigenvalue weighted by atomic mass is 16.3. The summed E-state index contributed by atoms with van der Waals surface area (Å²) >= 11 is 0. The first-order valence-electron chi connectivity index (χ1n) is 8.90. The van der Waals surface area contributed by atoms with Gasteiger partial charge in [-0.25, -0.2) is 4.98 Å². The molecule has 134 valence electrons. The van der Waals surface area contributed by atoms with Gasteiger partial charge in [0, 0.05) is 51.7 Å². The zero-order valence-electron chi connectivity index (χ0n) is 14.8. The first-order valence-corrected chi connectivity index (χ1v) is 8.90. The molecule has 0 unspecified atom stereocenters. The van der Waals surface area contributed by atoms with E-state index in [9.17, 15) is 0 Å². The van der Waals surface area contributed by atoms with Gasteiger partial charge in [-0.15, -0.1) is 0 Å². The summed E-state index contributed by atoms with van der Waals surface area (Å²) in [6, 6.07) is 8.71. The molecule has 0 atom stereocenters. The van der Waals surface area contributed by atoms with Crippen LogP contribution in [0.4, 0.5) is 11.5 Å². The molecule has 1 saturated heterocycles. The molecule has 25 heavy (non-hydrogen) atoms. The third kappa shape index (κ3) is 5.14. The Hall–Kier alpha value is -2.18. The van der Waals surface area contributed by atoms with Crippen molar-refractivity contribution in [1.82, 2.24) is 14.9 Å². The normalized spacial score (nSPS) is 15.9. The molecule has 6 nitrogen and oxygen atoms in total. The fraction of sp³-hybridized carbons (Fsp3) is 0.474. The fourth-order valence-electron chi connectivity index (χ4n) is 3.17. The van der Waals surface area contributed by atoms with E-state index in [-0.39, 0.29) is 6.61 Å². The van der Waals surface area contributed by atoms with Crippen molar-refractivity contribution in [3.63, 3.8) is 0 Å². The predicted molar refractivity (Wildman–Crippen MR) is 101 cm³/mol. The molecule has 3 heterocycles. The molecule has 2 aromatic heterocycles. The van der Waals surface area contributed by atoms with Crippen LogP contribution >= 0.6 is 0 Å². The molecular weight excluding hydrogens is 314 g/mol. The maximum atomic E-state index is 9.00. The van der Waals surface area contributed by atoms with E-state index in [0.717, 1.165) is 44.0 Å². The van der Waals surface area contributed by atoms with E-state index < -0.39 is 0 Å². The van der Waals surface area contributed by atoms with Gasteiger partial charge < -0.3 is 15.3 Å². The second-order valence-corrected chi connectivity index (χ2v) is 6.60. The smallest absolute Gasteiger partial charge is 0.126 e. The Bertz CT molecular complexity index is 626. The number of aromatic nitrogens is 2. The van der Waals surface area contributed by atoms with Gasteiger partial charge in [0.25, 0.3) is 0 Å². The van der Waals surface area contributed by atoms with Crippen molar-refractivity contribution in [1.29, 1.82) is 0 Å². The van der Waals surface area contributed by atoms with E-state index >= 15 is 0 Å². The second-order valence-electron chi connectivity index (χ2n) is 6.60. The number of hydrogen-bond acceptors (Lipinski definition) is 6. The Kier molecular flexibility index (Phi) is 6.19. The average molecular weight is 341 g/mol. The van der Waals surface area contributed by atoms with Crippen LogP contribution in [0.2, 0.25) is 0 Å². The third-order valence-corrected chi connectivity index (χ3v) is 4.72. The summed E-state index contributed by atoms with van der Waals surface area (Å²) in [5, 5.41) is 12.5. The molecule has 6 heteroatoms. The van der Waals surface area contributed by atoms with Crippen LogP contribution in [0, 0.1) is 0 Å². The second kappa shape index (κ2) is 8.78. The van der Waals surface area contributed by atoms with Gasteiger partial charge in [-0.3, -0.25) is 9.88 Å². The van der Waals surface area contributed by atoms with Gasteiger partial charge in [0.2, 0.25) is 0 Å². The van der Waals surface area contributed by atoms with Gasteiger partial charge in [-0.2, -0.15) is 0 Å². The summed E-state index contributed by atoms with van der Waals surface area (Å²) in [4.78, 5) is 13.1. The molecule has 1 aliphatic rings. The van der Waals surface area contributed by atoms with Crippen LogP contribution in [0.1, 0.15) is 18.4 Å². The highest BCUT2D eigenvalue weighted by Crippen LogP contribution is 2.19. The standard InChI is InChI=1S/C19H27N5O/c1-23(12-13-25)18-2-3-19(21-14-18)22-17-6-10-24(11-7-17)15-16-4-8-20-9-5-16/h2-5,8-9,14,17,25H,6-7,10-13,15H2,1H3,(H,21,22). The lowest BCUT2D eigenvalue weighted by atomic mass is 10.0. The third-order valence-electron chi connectivity index (χ3n) is 4.72. The number of aliphatic hydroxyl groups excluding tert-OH is 1. The molecule has 1 fully saturated rings. The highest BCUT2D eigenvalue weighted by Gasteiger charge is 2.19. The first kappa shape index (κ1) is 17.6. The van der Waals surface area contributed by atoms with Gasteiger partial charge in [0.1, 0.15) is 5.82 Å². The maximum Gasteiger partial charge on any atom is 0.126 e. The Morgan fingerprint density at radius 1 is 1.20 bits per heavy atom. The maximum absolute atomic E-state index is 9.00. The van der Waals surface area contributed by atoms with Crippen molar-refractivity contribution in [3.05, 3.63) is 48.4 Å². The molecular formula is C19H27N5O. The van der Waals surface area contributed by atoms with Crippen molar-refractivity contribution in [2.45, 2.75) is 25.4 Å². The van der Waals surface area contributed by atoms with Crippen molar-refractivity contribution in [2.24, 2.45) is 0 Å². The van der Waals surface area contributed by atoms with E-state index in [1.165, 1.54) is 5.56 Å². The minimum absolute atomic E-state index is 0.147. The summed E-state index contributed by atoms with van der Waals surface area (Å²) < 4.78 is 0. The zero-order valence-corrected chi connectivity index (χ0v) is 14.8. The molecule has 0 bridgehead atoms. The molecule has 1 aliphatic heterocycles. The fourth-order valence-corrected chi connectivity index (χ4v) is 3.17. The minimum Gasteiger partial charge on any atom is -0.395 e.